The van der Waals surface area contributed by atoms with Crippen molar-refractivity contribution >= 4 is 44.3 Å². The molecule has 0 aliphatic heterocycles. The van der Waals surface area contributed by atoms with Gasteiger partial charge in [-0.05, 0) is 46.6 Å². The zero-order chi connectivity index (χ0) is 21.2. The molecule has 0 fully saturated rings. The number of para-hydroxylation sites is 1. The summed E-state index contributed by atoms with van der Waals surface area (Å²) in [4.78, 5) is 12.4. The van der Waals surface area contributed by atoms with Gasteiger partial charge in [-0.25, -0.2) is 15.0 Å². The Bertz CT molecular complexity index is 1030. The Morgan fingerprint density at radius 1 is 1.31 bits per heavy atom. The zero-order valence-electron chi connectivity index (χ0n) is 15.1. The Hall–Kier alpha value is -2.17. The fourth-order valence-electron chi connectivity index (χ4n) is 2.81. The van der Waals surface area contributed by atoms with Crippen LogP contribution in [-0.4, -0.2) is 28.1 Å². The van der Waals surface area contributed by atoms with Crippen LogP contribution in [0.25, 0.3) is 10.9 Å². The number of rotatable bonds is 6. The van der Waals surface area contributed by atoms with Crippen LogP contribution in [0.15, 0.2) is 35.1 Å². The van der Waals surface area contributed by atoms with Crippen LogP contribution in [0.5, 0.6) is 5.75 Å². The van der Waals surface area contributed by atoms with Crippen LogP contribution in [0, 0.1) is 0 Å². The number of anilines is 1. The molecule has 1 atom stereocenters. The Balaban J connectivity index is 2.05. The number of hydrogen-bond acceptors (Lipinski definition) is 6. The van der Waals surface area contributed by atoms with Gasteiger partial charge in [0, 0.05) is 17.5 Å². The fourth-order valence-corrected chi connectivity index (χ4v) is 3.32. The van der Waals surface area contributed by atoms with Crippen LogP contribution in [-0.2, 0) is 6.18 Å². The first-order valence-corrected chi connectivity index (χ1v) is 9.66. The number of pyridine rings is 1. The lowest BCUT2D eigenvalue weighted by molar-refractivity contribution is -0.139. The number of nitrogens with two attached hydrogens (primary N) is 1. The quantitative estimate of drug-likeness (QED) is 0.375. The lowest BCUT2D eigenvalue weighted by Crippen LogP contribution is -2.18. The van der Waals surface area contributed by atoms with Crippen molar-refractivity contribution in [2.45, 2.75) is 19.1 Å². The van der Waals surface area contributed by atoms with E-state index in [0.717, 1.165) is 6.07 Å². The van der Waals surface area contributed by atoms with E-state index in [4.69, 9.17) is 22.1 Å². The first-order chi connectivity index (χ1) is 13.7. The van der Waals surface area contributed by atoms with E-state index in [2.05, 4.69) is 36.2 Å². The fraction of sp³-hybridized carbons (Fsp3) is 0.278. The number of aromatic nitrogens is 3. The zero-order valence-corrected chi connectivity index (χ0v) is 17.4. The maximum Gasteiger partial charge on any atom is 0.419 e. The van der Waals surface area contributed by atoms with Crippen molar-refractivity contribution < 1.29 is 17.9 Å². The summed E-state index contributed by atoms with van der Waals surface area (Å²) in [5, 5.41) is 3.70. The van der Waals surface area contributed by atoms with Crippen molar-refractivity contribution in [3.8, 4) is 5.75 Å². The average molecular weight is 491 g/mol. The summed E-state index contributed by atoms with van der Waals surface area (Å²) in [6, 6.07) is 4.96. The average Bonchev–Trinajstić information content (AvgIpc) is 2.65. The number of nitrogens with zero attached hydrogens (tertiary/aromatic N) is 3. The van der Waals surface area contributed by atoms with Gasteiger partial charge >= 0.3 is 6.18 Å². The maximum absolute atomic E-state index is 13.5. The monoisotopic (exact) mass is 489 g/mol. The molecule has 6 nitrogen and oxygen atoms in total. The smallest absolute Gasteiger partial charge is 0.419 e. The number of halogens is 5. The number of hydrogen-bond donors (Lipinski definition) is 2. The molecule has 29 heavy (non-hydrogen) atoms. The third-order valence-corrected chi connectivity index (χ3v) is 4.66. The molecule has 0 aliphatic carbocycles. The molecule has 3 aromatic rings. The summed E-state index contributed by atoms with van der Waals surface area (Å²) in [7, 11) is 0. The summed E-state index contributed by atoms with van der Waals surface area (Å²) in [5.41, 5.74) is 5.35. The van der Waals surface area contributed by atoms with Crippen molar-refractivity contribution in [1.29, 1.82) is 0 Å². The van der Waals surface area contributed by atoms with Gasteiger partial charge in [-0.15, -0.1) is 0 Å². The van der Waals surface area contributed by atoms with Gasteiger partial charge in [0.15, 0.2) is 0 Å². The predicted octanol–water partition coefficient (Wildman–Crippen LogP) is 4.97. The third-order valence-electron chi connectivity index (χ3n) is 4.06. The molecule has 0 bridgehead atoms. The van der Waals surface area contributed by atoms with E-state index in [1.54, 1.807) is 19.1 Å². The highest BCUT2D eigenvalue weighted by Gasteiger charge is 2.36. The lowest BCUT2D eigenvalue weighted by Gasteiger charge is -2.22. The van der Waals surface area contributed by atoms with Gasteiger partial charge in [-0.3, -0.25) is 0 Å². The van der Waals surface area contributed by atoms with Crippen molar-refractivity contribution in [3.05, 3.63) is 51.5 Å². The second kappa shape index (κ2) is 8.68. The standard InChI is InChI=1S/C18H16BrClF3N5O/c1-9(10-3-2-4-12(18(21,22)23)15(10)29-6-5-24)26-16-11-7-14(19)25-8-13(11)27-17(20)28-16/h2-4,7-9H,5-6,24H2,1H3,(H,26,27,28)/t9-/m1/s1. The summed E-state index contributed by atoms with van der Waals surface area (Å²) in [6.07, 6.45) is -3.05. The Morgan fingerprint density at radius 2 is 2.07 bits per heavy atom. The number of fused-ring (bicyclic) bond motifs is 1. The van der Waals surface area contributed by atoms with Gasteiger partial charge < -0.3 is 15.8 Å². The minimum atomic E-state index is -4.57. The van der Waals surface area contributed by atoms with Crippen LogP contribution in [0.3, 0.4) is 0 Å². The van der Waals surface area contributed by atoms with Gasteiger partial charge in [-0.2, -0.15) is 13.2 Å². The van der Waals surface area contributed by atoms with Crippen LogP contribution < -0.4 is 15.8 Å². The van der Waals surface area contributed by atoms with Crippen LogP contribution in [0.2, 0.25) is 5.28 Å². The highest BCUT2D eigenvalue weighted by atomic mass is 79.9. The Labute approximate surface area is 177 Å². The highest BCUT2D eigenvalue weighted by Crippen LogP contribution is 2.41. The molecule has 0 aliphatic rings. The normalized spacial score (nSPS) is 12.8. The second-order valence-electron chi connectivity index (χ2n) is 6.09. The van der Waals surface area contributed by atoms with Gasteiger partial charge in [0.25, 0.3) is 0 Å². The Kier molecular flexibility index (Phi) is 6.45. The molecule has 3 N–H and O–H groups in total. The van der Waals surface area contributed by atoms with Crippen LogP contribution in [0.4, 0.5) is 19.0 Å². The van der Waals surface area contributed by atoms with Gasteiger partial charge in [0.1, 0.15) is 22.8 Å². The summed E-state index contributed by atoms with van der Waals surface area (Å²) in [5.74, 6) is 0.0931. The summed E-state index contributed by atoms with van der Waals surface area (Å²) < 4.78 is 46.3. The summed E-state index contributed by atoms with van der Waals surface area (Å²) in [6.45, 7) is 1.73. The van der Waals surface area contributed by atoms with Gasteiger partial charge in [-0.1, -0.05) is 12.1 Å². The van der Waals surface area contributed by atoms with E-state index < -0.39 is 17.8 Å². The maximum atomic E-state index is 13.5. The topological polar surface area (TPSA) is 86.0 Å². The van der Waals surface area contributed by atoms with Crippen molar-refractivity contribution in [3.63, 3.8) is 0 Å². The van der Waals surface area contributed by atoms with Crippen molar-refractivity contribution in [2.24, 2.45) is 5.73 Å². The number of nitrogens with one attached hydrogen (secondary N) is 1. The van der Waals surface area contributed by atoms with E-state index in [9.17, 15) is 13.2 Å². The predicted molar refractivity (Wildman–Crippen MR) is 108 cm³/mol. The molecule has 0 saturated heterocycles. The molecule has 2 heterocycles. The first kappa shape index (κ1) is 21.5. The van der Waals surface area contributed by atoms with Crippen molar-refractivity contribution in [1.82, 2.24) is 15.0 Å². The van der Waals surface area contributed by atoms with E-state index in [1.165, 1.54) is 12.3 Å². The molecule has 11 heteroatoms. The number of benzene rings is 1. The molecule has 0 radical (unpaired) electrons. The molecule has 0 unspecified atom stereocenters. The Morgan fingerprint density at radius 3 is 2.76 bits per heavy atom. The molecular weight excluding hydrogens is 475 g/mol. The molecule has 3 rings (SSSR count). The molecule has 154 valence electrons. The van der Waals surface area contributed by atoms with E-state index in [1.807, 2.05) is 0 Å². The van der Waals surface area contributed by atoms with E-state index >= 15 is 0 Å². The third kappa shape index (κ3) is 4.88. The number of ether oxygens (including phenoxy) is 1. The SMILES string of the molecule is C[C@@H](Nc1nc(Cl)nc2cnc(Br)cc12)c1cccc(C(F)(F)F)c1OCCN. The molecule has 1 aromatic carbocycles. The molecule has 0 spiro atoms. The summed E-state index contributed by atoms with van der Waals surface area (Å²) >= 11 is 9.27. The molecule has 2 aromatic heterocycles. The molecule has 0 amide bonds. The van der Waals surface area contributed by atoms with E-state index in [-0.39, 0.29) is 24.2 Å². The van der Waals surface area contributed by atoms with Gasteiger partial charge in [0.2, 0.25) is 5.28 Å². The largest absolute Gasteiger partial charge is 0.491 e. The van der Waals surface area contributed by atoms with Gasteiger partial charge in [0.05, 0.1) is 23.3 Å². The highest BCUT2D eigenvalue weighted by molar-refractivity contribution is 9.10. The lowest BCUT2D eigenvalue weighted by atomic mass is 10.0. The minimum absolute atomic E-state index is 0.0139. The number of alkyl halides is 3. The molecule has 0 saturated carbocycles. The van der Waals surface area contributed by atoms with Crippen molar-refractivity contribution in [2.75, 3.05) is 18.5 Å². The second-order valence-corrected chi connectivity index (χ2v) is 7.24. The van der Waals surface area contributed by atoms with E-state index in [0.29, 0.717) is 26.9 Å². The first-order valence-electron chi connectivity index (χ1n) is 8.49. The van der Waals surface area contributed by atoms with Crippen LogP contribution in [0.1, 0.15) is 24.1 Å². The molecular formula is C18H16BrClF3N5O. The minimum Gasteiger partial charge on any atom is -0.491 e. The van der Waals surface area contributed by atoms with Crippen LogP contribution >= 0.6 is 27.5 Å².